The number of ether oxygens (including phenoxy) is 1. The van der Waals surface area contributed by atoms with Crippen LogP contribution in [0, 0.1) is 0 Å². The topological polar surface area (TPSA) is 61.8 Å². The zero-order chi connectivity index (χ0) is 16.8. The Balaban J connectivity index is 2.37. The zero-order valence-corrected chi connectivity index (χ0v) is 13.6. The first kappa shape index (κ1) is 16.8. The van der Waals surface area contributed by atoms with Crippen molar-refractivity contribution in [1.82, 2.24) is 5.32 Å². The Hall–Kier alpha value is -2.53. The number of anilines is 1. The van der Waals surface area contributed by atoms with Crippen LogP contribution in [-0.4, -0.2) is 38.3 Å². The molecular formula is C18H22N2O3. The van der Waals surface area contributed by atoms with Crippen molar-refractivity contribution in [3.8, 4) is 5.75 Å². The number of amides is 1. The minimum Gasteiger partial charge on any atom is -0.497 e. The molecule has 0 saturated heterocycles. The third-order valence-corrected chi connectivity index (χ3v) is 3.85. The molecule has 0 bridgehead atoms. The van der Waals surface area contributed by atoms with Gasteiger partial charge >= 0.3 is 0 Å². The summed E-state index contributed by atoms with van der Waals surface area (Å²) in [6, 6.07) is 16.5. The fourth-order valence-corrected chi connectivity index (χ4v) is 2.54. The molecule has 0 aromatic heterocycles. The molecule has 0 aliphatic heterocycles. The van der Waals surface area contributed by atoms with Gasteiger partial charge in [-0.1, -0.05) is 30.3 Å². The molecule has 1 amide bonds. The highest BCUT2D eigenvalue weighted by molar-refractivity contribution is 5.82. The highest BCUT2D eigenvalue weighted by Gasteiger charge is 2.30. The molecular weight excluding hydrogens is 292 g/mol. The second kappa shape index (κ2) is 7.65. The second-order valence-corrected chi connectivity index (χ2v) is 5.22. The number of carbonyl (C=O) groups excluding carboxylic acids is 1. The Kier molecular flexibility index (Phi) is 5.60. The Morgan fingerprint density at radius 2 is 1.74 bits per heavy atom. The predicted octanol–water partition coefficient (Wildman–Crippen LogP) is 1.98. The number of carbonyl (C=O) groups is 1. The maximum Gasteiger partial charge on any atom is 0.251 e. The van der Waals surface area contributed by atoms with Gasteiger partial charge in [-0.15, -0.1) is 0 Å². The minimum atomic E-state index is -1.19. The fourth-order valence-electron chi connectivity index (χ4n) is 2.54. The summed E-state index contributed by atoms with van der Waals surface area (Å²) in [4.78, 5) is 13.8. The minimum absolute atomic E-state index is 0.417. The Morgan fingerprint density at radius 3 is 2.26 bits per heavy atom. The summed E-state index contributed by atoms with van der Waals surface area (Å²) in [5, 5.41) is 13.0. The Labute approximate surface area is 136 Å². The van der Waals surface area contributed by atoms with Gasteiger partial charge in [0, 0.05) is 19.8 Å². The lowest BCUT2D eigenvalue weighted by Gasteiger charge is -2.33. The van der Waals surface area contributed by atoms with Gasteiger partial charge in [-0.2, -0.15) is 0 Å². The van der Waals surface area contributed by atoms with Crippen LogP contribution >= 0.6 is 0 Å². The summed E-state index contributed by atoms with van der Waals surface area (Å²) >= 11 is 0. The first-order valence-electron chi connectivity index (χ1n) is 7.40. The lowest BCUT2D eigenvalue weighted by atomic mass is 9.98. The molecule has 5 heteroatoms. The number of methoxy groups -OCH3 is 1. The van der Waals surface area contributed by atoms with E-state index in [2.05, 4.69) is 5.32 Å². The van der Waals surface area contributed by atoms with Gasteiger partial charge in [0.05, 0.1) is 13.2 Å². The highest BCUT2D eigenvalue weighted by atomic mass is 16.5. The molecule has 23 heavy (non-hydrogen) atoms. The van der Waals surface area contributed by atoms with Crippen LogP contribution in [0.25, 0.3) is 0 Å². The van der Waals surface area contributed by atoms with Crippen LogP contribution in [0.5, 0.6) is 5.75 Å². The first-order chi connectivity index (χ1) is 11.1. The van der Waals surface area contributed by atoms with Gasteiger partial charge in [0.1, 0.15) is 5.75 Å². The standard InChI is InChI=1S/C18H22N2O3/c1-19-18(22)17(21)16(13-7-5-4-6-8-13)20(2)14-9-11-15(23-3)12-10-14/h4-12,16-17,21H,1-3H3,(H,19,22). The number of hydrogen-bond donors (Lipinski definition) is 2. The lowest BCUT2D eigenvalue weighted by molar-refractivity contribution is -0.129. The third kappa shape index (κ3) is 3.81. The van der Waals surface area contributed by atoms with Crippen molar-refractivity contribution in [3.63, 3.8) is 0 Å². The highest BCUT2D eigenvalue weighted by Crippen LogP contribution is 2.29. The molecule has 2 N–H and O–H groups in total. The number of benzene rings is 2. The van der Waals surface area contributed by atoms with E-state index in [0.29, 0.717) is 0 Å². The van der Waals surface area contributed by atoms with E-state index in [1.54, 1.807) is 7.11 Å². The van der Waals surface area contributed by atoms with Gasteiger partial charge in [-0.05, 0) is 29.8 Å². The molecule has 2 aromatic rings. The van der Waals surface area contributed by atoms with Gasteiger partial charge in [-0.3, -0.25) is 4.79 Å². The summed E-state index contributed by atoms with van der Waals surface area (Å²) in [6.07, 6.45) is -1.19. The summed E-state index contributed by atoms with van der Waals surface area (Å²) in [6.45, 7) is 0. The number of rotatable bonds is 6. The molecule has 0 saturated carbocycles. The van der Waals surface area contributed by atoms with E-state index in [-0.39, 0.29) is 0 Å². The van der Waals surface area contributed by atoms with Crippen LogP contribution in [0.2, 0.25) is 0 Å². The maximum absolute atomic E-state index is 12.0. The molecule has 122 valence electrons. The number of aliphatic hydroxyl groups excluding tert-OH is 1. The number of likely N-dealkylation sites (N-methyl/N-ethyl adjacent to an activating group) is 2. The van der Waals surface area contributed by atoms with E-state index in [9.17, 15) is 9.90 Å². The number of hydrogen-bond acceptors (Lipinski definition) is 4. The van der Waals surface area contributed by atoms with E-state index in [1.165, 1.54) is 7.05 Å². The van der Waals surface area contributed by atoms with Gasteiger partial charge in [0.25, 0.3) is 5.91 Å². The van der Waals surface area contributed by atoms with E-state index in [1.807, 2.05) is 66.5 Å². The third-order valence-electron chi connectivity index (χ3n) is 3.85. The zero-order valence-electron chi connectivity index (χ0n) is 13.6. The molecule has 0 heterocycles. The van der Waals surface area contributed by atoms with Gasteiger partial charge in [0.2, 0.25) is 0 Å². The van der Waals surface area contributed by atoms with Gasteiger partial charge < -0.3 is 20.1 Å². The summed E-state index contributed by atoms with van der Waals surface area (Å²) < 4.78 is 5.17. The van der Waals surface area contributed by atoms with E-state index >= 15 is 0 Å². The molecule has 2 rings (SSSR count). The second-order valence-electron chi connectivity index (χ2n) is 5.22. The average molecular weight is 314 g/mol. The first-order valence-corrected chi connectivity index (χ1v) is 7.40. The van der Waals surface area contributed by atoms with Crippen LogP contribution in [0.3, 0.4) is 0 Å². The summed E-state index contributed by atoms with van der Waals surface area (Å²) in [7, 11) is 4.98. The predicted molar refractivity (Wildman–Crippen MR) is 90.7 cm³/mol. The van der Waals surface area contributed by atoms with Crippen molar-refractivity contribution in [2.45, 2.75) is 12.1 Å². The normalized spacial score (nSPS) is 13.0. The van der Waals surface area contributed by atoms with Crippen molar-refractivity contribution in [2.75, 3.05) is 26.1 Å². The molecule has 5 nitrogen and oxygen atoms in total. The van der Waals surface area contributed by atoms with E-state index < -0.39 is 18.1 Å². The van der Waals surface area contributed by atoms with Crippen LogP contribution in [0.4, 0.5) is 5.69 Å². The smallest absolute Gasteiger partial charge is 0.251 e. The molecule has 0 aliphatic rings. The van der Waals surface area contributed by atoms with Crippen molar-refractivity contribution in [1.29, 1.82) is 0 Å². The lowest BCUT2D eigenvalue weighted by Crippen LogP contribution is -2.43. The summed E-state index contributed by atoms with van der Waals surface area (Å²) in [5.74, 6) is 0.337. The van der Waals surface area contributed by atoms with Crippen molar-refractivity contribution in [3.05, 3.63) is 60.2 Å². The van der Waals surface area contributed by atoms with Crippen LogP contribution in [-0.2, 0) is 4.79 Å². The fraction of sp³-hybridized carbons (Fsp3) is 0.278. The molecule has 0 fully saturated rings. The average Bonchev–Trinajstić information content (AvgIpc) is 2.62. The number of aliphatic hydroxyl groups is 1. The molecule has 0 spiro atoms. The Bertz CT molecular complexity index is 628. The molecule has 2 atom stereocenters. The van der Waals surface area contributed by atoms with Crippen LogP contribution in [0.1, 0.15) is 11.6 Å². The monoisotopic (exact) mass is 314 g/mol. The molecule has 0 radical (unpaired) electrons. The van der Waals surface area contributed by atoms with Crippen molar-refractivity contribution < 1.29 is 14.6 Å². The van der Waals surface area contributed by atoms with Crippen molar-refractivity contribution >= 4 is 11.6 Å². The maximum atomic E-state index is 12.0. The molecule has 2 aromatic carbocycles. The SMILES string of the molecule is CNC(=O)C(O)C(c1ccccc1)N(C)c1ccc(OC)cc1. The van der Waals surface area contributed by atoms with Crippen LogP contribution < -0.4 is 15.0 Å². The number of nitrogens with one attached hydrogen (secondary N) is 1. The molecule has 0 aliphatic carbocycles. The van der Waals surface area contributed by atoms with Gasteiger partial charge in [-0.25, -0.2) is 0 Å². The summed E-state index contributed by atoms with van der Waals surface area (Å²) in [5.41, 5.74) is 1.74. The Morgan fingerprint density at radius 1 is 1.13 bits per heavy atom. The largest absolute Gasteiger partial charge is 0.497 e. The molecule has 2 unspecified atom stereocenters. The number of nitrogens with zero attached hydrogens (tertiary/aromatic N) is 1. The van der Waals surface area contributed by atoms with E-state index in [0.717, 1.165) is 17.0 Å². The van der Waals surface area contributed by atoms with Crippen LogP contribution in [0.15, 0.2) is 54.6 Å². The van der Waals surface area contributed by atoms with Gasteiger partial charge in [0.15, 0.2) is 6.10 Å². The van der Waals surface area contributed by atoms with E-state index in [4.69, 9.17) is 4.74 Å². The quantitative estimate of drug-likeness (QED) is 0.856. The van der Waals surface area contributed by atoms with Crippen molar-refractivity contribution in [2.24, 2.45) is 0 Å².